The maximum atomic E-state index is 14.7. The van der Waals surface area contributed by atoms with Gasteiger partial charge < -0.3 is 19.3 Å². The first-order chi connectivity index (χ1) is 46.3. The molecule has 5 heterocycles. The summed E-state index contributed by atoms with van der Waals surface area (Å²) in [6, 6.07) is 44.7. The maximum Gasteiger partial charge on any atom is 0.310 e. The van der Waals surface area contributed by atoms with E-state index < -0.39 is 5.97 Å². The number of hydrogen-bond donors (Lipinski definition) is 1. The fourth-order valence-corrected chi connectivity index (χ4v) is 14.5. The second-order valence-corrected chi connectivity index (χ2v) is 26.0. The van der Waals surface area contributed by atoms with E-state index in [2.05, 4.69) is 10.6 Å². The predicted molar refractivity (Wildman–Crippen MR) is 367 cm³/mol. The van der Waals surface area contributed by atoms with Crippen LogP contribution >= 0.6 is 11.3 Å². The van der Waals surface area contributed by atoms with Crippen LogP contribution in [0.4, 0.5) is 0 Å². The molecule has 2 aromatic heterocycles. The number of imide groups is 3. The van der Waals surface area contributed by atoms with Crippen LogP contribution in [0, 0.1) is 0 Å². The Labute approximate surface area is 558 Å². The minimum absolute atomic E-state index is 0.0317. The summed E-state index contributed by atoms with van der Waals surface area (Å²) < 4.78 is 7.45. The zero-order chi connectivity index (χ0) is 66.4. The molecule has 16 nitrogen and oxygen atoms in total. The summed E-state index contributed by atoms with van der Waals surface area (Å²) in [7, 11) is 0. The molecule has 3 aliphatic heterocycles. The number of hydrogen-bond acceptors (Lipinski definition) is 12. The number of aromatic nitrogens is 1. The molecule has 0 saturated heterocycles. The Morgan fingerprint density at radius 1 is 0.442 bits per heavy atom. The molecule has 3 aliphatic rings. The smallest absolute Gasteiger partial charge is 0.310 e. The number of nitrogens with zero attached hydrogens (tertiary/aromatic N) is 5. The number of aromatic hydroxyl groups is 1. The predicted octanol–water partition coefficient (Wildman–Crippen LogP) is 15.4. The Bertz CT molecular complexity index is 3980. The van der Waals surface area contributed by atoms with Gasteiger partial charge in [-0.1, -0.05) is 150 Å². The van der Waals surface area contributed by atoms with Crippen molar-refractivity contribution in [1.29, 1.82) is 0 Å². The molecule has 0 spiro atoms. The Morgan fingerprint density at radius 3 is 1.34 bits per heavy atom. The highest BCUT2D eigenvalue weighted by atomic mass is 32.1. The Hall–Kier alpha value is -9.61. The van der Waals surface area contributed by atoms with Gasteiger partial charge in [0.05, 0.1) is 51.3 Å². The molecule has 17 heteroatoms. The molecule has 7 amide bonds. The van der Waals surface area contributed by atoms with Crippen molar-refractivity contribution < 1.29 is 53.0 Å². The quantitative estimate of drug-likeness (QED) is 0.0171. The molecule has 0 unspecified atom stereocenters. The number of phenolic OH excluding ortho intramolecular Hbond substituents is 1. The van der Waals surface area contributed by atoms with Gasteiger partial charge in [0.2, 0.25) is 5.78 Å². The first-order valence-corrected chi connectivity index (χ1v) is 34.6. The van der Waals surface area contributed by atoms with Gasteiger partial charge in [-0.15, -0.1) is 11.3 Å². The number of benzene rings is 6. The first-order valence-electron chi connectivity index (χ1n) is 33.8. The minimum atomic E-state index is -0.426. The number of carbonyl (C=O) groups is 9. The van der Waals surface area contributed by atoms with Gasteiger partial charge in [0.15, 0.2) is 0 Å². The molecule has 1 N–H and O–H groups in total. The van der Waals surface area contributed by atoms with Crippen LogP contribution in [0.2, 0.25) is 0 Å². The summed E-state index contributed by atoms with van der Waals surface area (Å²) in [6.07, 6.45) is 16.5. The summed E-state index contributed by atoms with van der Waals surface area (Å²) in [6.45, 7) is 4.77. The van der Waals surface area contributed by atoms with Crippen LogP contribution in [-0.2, 0) is 22.5 Å². The molecule has 8 aromatic rings. The number of fused-ring (bicyclic) bond motifs is 4. The van der Waals surface area contributed by atoms with Crippen LogP contribution in [0.15, 0.2) is 152 Å². The number of amides is 7. The van der Waals surface area contributed by atoms with E-state index >= 15 is 0 Å². The van der Waals surface area contributed by atoms with Gasteiger partial charge in [-0.05, 0) is 141 Å². The van der Waals surface area contributed by atoms with Crippen molar-refractivity contribution in [2.45, 2.75) is 135 Å². The number of thiophene rings is 1. The lowest BCUT2D eigenvalue weighted by Gasteiger charge is -2.23. The van der Waals surface area contributed by atoms with Gasteiger partial charge in [0.1, 0.15) is 5.75 Å². The van der Waals surface area contributed by atoms with Gasteiger partial charge in [0.25, 0.3) is 41.4 Å². The molecule has 490 valence electrons. The summed E-state index contributed by atoms with van der Waals surface area (Å²) in [5.41, 5.74) is 7.57. The number of esters is 1. The second-order valence-electron chi connectivity index (χ2n) is 24.9. The largest absolute Gasteiger partial charge is 0.508 e. The van der Waals surface area contributed by atoms with Crippen molar-refractivity contribution in [3.63, 3.8) is 0 Å². The first kappa shape index (κ1) is 66.8. The fourth-order valence-electron chi connectivity index (χ4n) is 13.4. The average molecular weight is 1300 g/mol. The Kier molecular flexibility index (Phi) is 22.2. The normalized spacial score (nSPS) is 13.4. The van der Waals surface area contributed by atoms with Gasteiger partial charge >= 0.3 is 5.97 Å². The van der Waals surface area contributed by atoms with Crippen molar-refractivity contribution in [2.75, 3.05) is 39.3 Å². The van der Waals surface area contributed by atoms with Gasteiger partial charge in [0, 0.05) is 71.9 Å². The second kappa shape index (κ2) is 31.5. The third-order valence-corrected chi connectivity index (χ3v) is 19.7. The van der Waals surface area contributed by atoms with E-state index in [-0.39, 0.29) is 72.5 Å². The van der Waals surface area contributed by atoms with Crippen molar-refractivity contribution >= 4 is 75.3 Å². The molecule has 0 fully saturated rings. The lowest BCUT2D eigenvalue weighted by atomic mass is 10.0. The third kappa shape index (κ3) is 15.5. The molecular weight excluding hydrogens is 1210 g/mol. The van der Waals surface area contributed by atoms with Crippen molar-refractivity contribution in [3.05, 3.63) is 207 Å². The number of phenols is 1. The van der Waals surface area contributed by atoms with E-state index in [1.54, 1.807) is 110 Å². The zero-order valence-electron chi connectivity index (χ0n) is 54.0. The molecule has 95 heavy (non-hydrogen) atoms. The highest BCUT2D eigenvalue weighted by molar-refractivity contribution is 7.17. The molecule has 0 bridgehead atoms. The zero-order valence-corrected chi connectivity index (χ0v) is 54.8. The average Bonchev–Trinajstić information content (AvgIpc) is 1.69. The number of ether oxygens (including phenoxy) is 1. The Balaban J connectivity index is 0.746. The molecule has 0 aliphatic carbocycles. The van der Waals surface area contributed by atoms with Crippen LogP contribution in [0.3, 0.4) is 0 Å². The molecule has 6 aromatic carbocycles. The summed E-state index contributed by atoms with van der Waals surface area (Å²) in [5.74, 6) is -2.08. The van der Waals surface area contributed by atoms with E-state index in [0.29, 0.717) is 111 Å². The van der Waals surface area contributed by atoms with Crippen LogP contribution in [0.25, 0.3) is 32.6 Å². The van der Waals surface area contributed by atoms with Crippen molar-refractivity contribution in [3.8, 4) is 27.4 Å². The standard InChI is InChI=1S/C78H81N5O11S/c1-2-94-69(85)52-58-51-68(95-71(58)57-28-27-29-59(84)48-57)70(86)56-41-40-55-49-66(80(67(55)50-56)44-25-26-47-83-77(92)64-34-19-20-35-65(64)78(83)93)53-36-38-54(39-37-53)72(87)79(42-21-11-7-3-5-9-13-23-45-81-73(88)60-30-15-16-31-61(60)74(81)89)43-22-12-8-4-6-10-14-24-46-82-75(90)62-32-17-18-33-63(62)76(82)91/h15-20,27-41,48-51,84H,2-14,21-26,42-47,52H2,1H3. The van der Waals surface area contributed by atoms with Crippen molar-refractivity contribution in [2.24, 2.45) is 0 Å². The number of aryl methyl sites for hydroxylation is 1. The number of unbranched alkanes of at least 4 members (excludes halogenated alkanes) is 15. The van der Waals surface area contributed by atoms with E-state index in [4.69, 9.17) is 4.74 Å². The van der Waals surface area contributed by atoms with Gasteiger partial charge in [-0.2, -0.15) is 0 Å². The molecular formula is C78H81N5O11S. The number of ketones is 1. The number of carbonyl (C=O) groups excluding carboxylic acids is 9. The van der Waals surface area contributed by atoms with E-state index in [9.17, 15) is 48.3 Å². The summed E-state index contributed by atoms with van der Waals surface area (Å²) in [5, 5.41) is 11.3. The van der Waals surface area contributed by atoms with Crippen LogP contribution in [-0.4, -0.2) is 122 Å². The van der Waals surface area contributed by atoms with Gasteiger partial charge in [-0.25, -0.2) is 0 Å². The summed E-state index contributed by atoms with van der Waals surface area (Å²) >= 11 is 1.25. The highest BCUT2D eigenvalue weighted by Crippen LogP contribution is 2.38. The minimum Gasteiger partial charge on any atom is -0.508 e. The van der Waals surface area contributed by atoms with E-state index in [1.165, 1.54) is 26.0 Å². The lowest BCUT2D eigenvalue weighted by Crippen LogP contribution is -2.33. The topological polar surface area (TPSA) is 201 Å². The molecule has 0 saturated carbocycles. The van der Waals surface area contributed by atoms with Gasteiger partial charge in [-0.3, -0.25) is 57.9 Å². The SMILES string of the molecule is CCOC(=O)Cc1cc(C(=O)c2ccc3cc(-c4ccc(C(=O)N(CCCCCCCCCCN5C(=O)c6ccccc6C5=O)CCCCCCCCCCN5C(=O)c6ccccc6C5=O)cc4)n(CCCCN4C(=O)c5ccccc5C4=O)c3c2)sc1-c1cccc(O)c1. The molecule has 0 radical (unpaired) electrons. The molecule has 0 atom stereocenters. The fraction of sp³-hybridized carbons (Fsp3) is 0.346. The van der Waals surface area contributed by atoms with E-state index in [1.807, 2.05) is 47.4 Å². The van der Waals surface area contributed by atoms with Crippen LogP contribution < -0.4 is 0 Å². The van der Waals surface area contributed by atoms with Crippen LogP contribution in [0.1, 0.15) is 216 Å². The van der Waals surface area contributed by atoms with E-state index in [0.717, 1.165) is 125 Å². The van der Waals surface area contributed by atoms with Crippen LogP contribution in [0.5, 0.6) is 5.75 Å². The summed E-state index contributed by atoms with van der Waals surface area (Å²) in [4.78, 5) is 127. The third-order valence-electron chi connectivity index (χ3n) is 18.4. The lowest BCUT2D eigenvalue weighted by molar-refractivity contribution is -0.142. The Morgan fingerprint density at radius 2 is 0.874 bits per heavy atom. The van der Waals surface area contributed by atoms with Crippen molar-refractivity contribution in [1.82, 2.24) is 24.2 Å². The maximum absolute atomic E-state index is 14.7. The molecule has 11 rings (SSSR count). The number of rotatable bonds is 35. The monoisotopic (exact) mass is 1300 g/mol. The highest BCUT2D eigenvalue weighted by Gasteiger charge is 2.37.